The maximum atomic E-state index is 12.3. The number of aliphatic carboxylic acids is 1. The van der Waals surface area contributed by atoms with Crippen LogP contribution in [0.1, 0.15) is 42.9 Å². The molecule has 0 bridgehead atoms. The third-order valence-electron chi connectivity index (χ3n) is 7.49. The van der Waals surface area contributed by atoms with Crippen molar-refractivity contribution in [1.82, 2.24) is 10.6 Å². The molecule has 3 aromatic carbocycles. The maximum absolute atomic E-state index is 12.3. The zero-order valence-electron chi connectivity index (χ0n) is 24.6. The maximum Gasteiger partial charge on any atom is 0.407 e. The van der Waals surface area contributed by atoms with Crippen LogP contribution in [0.4, 0.5) is 10.5 Å². The van der Waals surface area contributed by atoms with Gasteiger partial charge in [0.25, 0.3) is 0 Å². The van der Waals surface area contributed by atoms with Crippen molar-refractivity contribution in [1.29, 1.82) is 0 Å². The van der Waals surface area contributed by atoms with Crippen LogP contribution >= 0.6 is 0 Å². The molecule has 1 aliphatic carbocycles. The molecule has 1 aliphatic rings. The van der Waals surface area contributed by atoms with Crippen LogP contribution in [0, 0.1) is 5.41 Å². The average molecular weight is 589 g/mol. The molecule has 0 spiro atoms. The summed E-state index contributed by atoms with van der Waals surface area (Å²) >= 11 is 0. The first kappa shape index (κ1) is 31.5. The number of ether oxygens (including phenoxy) is 2. The van der Waals surface area contributed by atoms with Gasteiger partial charge in [-0.3, -0.25) is 9.59 Å². The first-order valence-corrected chi connectivity index (χ1v) is 14.4. The Bertz CT molecular complexity index is 1360. The van der Waals surface area contributed by atoms with Crippen molar-refractivity contribution < 1.29 is 29.0 Å². The van der Waals surface area contributed by atoms with Gasteiger partial charge in [0, 0.05) is 24.2 Å². The van der Waals surface area contributed by atoms with Gasteiger partial charge in [-0.1, -0.05) is 60.7 Å². The number of amides is 2. The molecule has 0 saturated heterocycles. The molecule has 43 heavy (non-hydrogen) atoms. The summed E-state index contributed by atoms with van der Waals surface area (Å²) in [6.07, 6.45) is 0.330. The predicted molar refractivity (Wildman–Crippen MR) is 165 cm³/mol. The van der Waals surface area contributed by atoms with Gasteiger partial charge in [0.15, 0.2) is 0 Å². The van der Waals surface area contributed by atoms with Crippen LogP contribution in [-0.2, 0) is 25.5 Å². The van der Waals surface area contributed by atoms with Crippen molar-refractivity contribution in [3.8, 4) is 11.1 Å². The van der Waals surface area contributed by atoms with Gasteiger partial charge >= 0.3 is 12.1 Å². The van der Waals surface area contributed by atoms with Gasteiger partial charge in [0.05, 0.1) is 12.0 Å². The highest BCUT2D eigenvalue weighted by Crippen LogP contribution is 2.44. The number of carbonyl (C=O) groups is 3. The van der Waals surface area contributed by atoms with Gasteiger partial charge in [-0.2, -0.15) is 0 Å². The molecule has 1 atom stereocenters. The van der Waals surface area contributed by atoms with Crippen LogP contribution in [0.25, 0.3) is 11.1 Å². The third-order valence-corrected chi connectivity index (χ3v) is 7.49. The van der Waals surface area contributed by atoms with Crippen LogP contribution in [-0.4, -0.2) is 62.2 Å². The standard InChI is InChI=1S/C33H40N4O6/c1-33(2,31(39)40)18-23(34)17-22-11-13-24(14-12-22)35-15-16-42-21-37-30(38)19-36-32(41)43-20-29-27-9-5-3-7-25(27)26-8-4-6-10-28(26)29/h3-14,23,29,35H,15-21,34H2,1-2H3,(H,36,41)(H,37,38)(H,39,40)/t23-/m1/s1. The largest absolute Gasteiger partial charge is 0.481 e. The number of carbonyl (C=O) groups excluding carboxylic acids is 2. The number of benzene rings is 3. The zero-order chi connectivity index (χ0) is 30.8. The zero-order valence-corrected chi connectivity index (χ0v) is 24.6. The molecule has 6 N–H and O–H groups in total. The summed E-state index contributed by atoms with van der Waals surface area (Å²) in [7, 11) is 0. The molecule has 2 amide bonds. The molecule has 0 aromatic heterocycles. The second kappa shape index (κ2) is 14.7. The Morgan fingerprint density at radius 1 is 0.930 bits per heavy atom. The fourth-order valence-corrected chi connectivity index (χ4v) is 5.21. The number of fused-ring (bicyclic) bond motifs is 3. The van der Waals surface area contributed by atoms with Gasteiger partial charge in [-0.05, 0) is 66.6 Å². The summed E-state index contributed by atoms with van der Waals surface area (Å²) in [6, 6.07) is 23.7. The summed E-state index contributed by atoms with van der Waals surface area (Å²) in [5.74, 6) is -1.29. The van der Waals surface area contributed by atoms with Crippen LogP contribution in [0.5, 0.6) is 0 Å². The third kappa shape index (κ3) is 8.79. The highest BCUT2D eigenvalue weighted by molar-refractivity contribution is 5.82. The molecule has 0 radical (unpaired) electrons. The Kier molecular flexibility index (Phi) is 10.7. The van der Waals surface area contributed by atoms with E-state index in [0.29, 0.717) is 26.0 Å². The number of hydrogen-bond acceptors (Lipinski definition) is 7. The minimum absolute atomic E-state index is 0.0103. The van der Waals surface area contributed by atoms with Crippen LogP contribution in [0.15, 0.2) is 72.8 Å². The van der Waals surface area contributed by atoms with Crippen molar-refractivity contribution in [2.75, 3.05) is 38.4 Å². The molecule has 10 heteroatoms. The second-order valence-corrected chi connectivity index (χ2v) is 11.3. The highest BCUT2D eigenvalue weighted by Gasteiger charge is 2.30. The minimum Gasteiger partial charge on any atom is -0.481 e. The first-order valence-electron chi connectivity index (χ1n) is 14.4. The van der Waals surface area contributed by atoms with E-state index >= 15 is 0 Å². The van der Waals surface area contributed by atoms with Crippen molar-refractivity contribution in [3.63, 3.8) is 0 Å². The highest BCUT2D eigenvalue weighted by atomic mass is 16.5. The van der Waals surface area contributed by atoms with Crippen LogP contribution in [0.3, 0.4) is 0 Å². The lowest BCUT2D eigenvalue weighted by Gasteiger charge is -2.23. The van der Waals surface area contributed by atoms with Crippen LogP contribution in [0.2, 0.25) is 0 Å². The summed E-state index contributed by atoms with van der Waals surface area (Å²) in [6.45, 7) is 4.22. The predicted octanol–water partition coefficient (Wildman–Crippen LogP) is 4.10. The molecule has 0 saturated carbocycles. The molecule has 3 aromatic rings. The van der Waals surface area contributed by atoms with Gasteiger partial charge in [-0.15, -0.1) is 0 Å². The topological polar surface area (TPSA) is 152 Å². The fourth-order valence-electron chi connectivity index (χ4n) is 5.21. The second-order valence-electron chi connectivity index (χ2n) is 11.3. The van der Waals surface area contributed by atoms with Gasteiger partial charge in [0.1, 0.15) is 19.9 Å². The van der Waals surface area contributed by atoms with E-state index in [1.54, 1.807) is 13.8 Å². The number of carboxylic acid groups (broad SMARTS) is 1. The first-order chi connectivity index (χ1) is 20.6. The molecule has 0 fully saturated rings. The lowest BCUT2D eigenvalue weighted by atomic mass is 9.84. The smallest absolute Gasteiger partial charge is 0.407 e. The molecular formula is C33H40N4O6. The van der Waals surface area contributed by atoms with E-state index in [4.69, 9.17) is 15.2 Å². The summed E-state index contributed by atoms with van der Waals surface area (Å²) in [5.41, 5.74) is 11.8. The van der Waals surface area contributed by atoms with Gasteiger partial charge in [-0.25, -0.2) is 4.79 Å². The quantitative estimate of drug-likeness (QED) is 0.131. The Labute approximate surface area is 252 Å². The van der Waals surface area contributed by atoms with Gasteiger partial charge < -0.3 is 36.3 Å². The molecule has 0 heterocycles. The van der Waals surface area contributed by atoms with Crippen molar-refractivity contribution in [2.45, 2.75) is 38.6 Å². The van der Waals surface area contributed by atoms with Crippen molar-refractivity contribution in [3.05, 3.63) is 89.5 Å². The van der Waals surface area contributed by atoms with E-state index in [-0.39, 0.29) is 37.7 Å². The number of carboxylic acids is 1. The number of hydrogen-bond donors (Lipinski definition) is 5. The van der Waals surface area contributed by atoms with Gasteiger partial charge in [0.2, 0.25) is 5.91 Å². The molecule has 0 unspecified atom stereocenters. The molecule has 228 valence electrons. The molecule has 10 nitrogen and oxygen atoms in total. The lowest BCUT2D eigenvalue weighted by Crippen LogP contribution is -2.38. The van der Waals surface area contributed by atoms with E-state index in [1.165, 1.54) is 0 Å². The van der Waals surface area contributed by atoms with E-state index in [0.717, 1.165) is 33.5 Å². The fraction of sp³-hybridized carbons (Fsp3) is 0.364. The monoisotopic (exact) mass is 588 g/mol. The average Bonchev–Trinajstić information content (AvgIpc) is 3.30. The Morgan fingerprint density at radius 2 is 1.56 bits per heavy atom. The number of rotatable bonds is 15. The number of nitrogens with one attached hydrogen (secondary N) is 3. The van der Waals surface area contributed by atoms with Crippen molar-refractivity contribution in [2.24, 2.45) is 11.1 Å². The molecular weight excluding hydrogens is 548 g/mol. The van der Waals surface area contributed by atoms with Crippen molar-refractivity contribution >= 4 is 23.7 Å². The lowest BCUT2D eigenvalue weighted by molar-refractivity contribution is -0.147. The van der Waals surface area contributed by atoms with E-state index < -0.39 is 17.5 Å². The van der Waals surface area contributed by atoms with Crippen LogP contribution < -0.4 is 21.7 Å². The van der Waals surface area contributed by atoms with E-state index in [1.807, 2.05) is 60.7 Å². The number of alkyl carbamates (subject to hydrolysis) is 1. The number of anilines is 1. The summed E-state index contributed by atoms with van der Waals surface area (Å²) in [5, 5.41) is 17.6. The molecule has 0 aliphatic heterocycles. The minimum atomic E-state index is -0.862. The SMILES string of the molecule is CC(C)(C[C@H](N)Cc1ccc(NCCOCNC(=O)CNC(=O)OCC2c3ccccc3-c3ccccc32)cc1)C(=O)O. The number of nitrogens with two attached hydrogens (primary N) is 1. The summed E-state index contributed by atoms with van der Waals surface area (Å²) < 4.78 is 10.9. The van der Waals surface area contributed by atoms with E-state index in [2.05, 4.69) is 28.1 Å². The Balaban J connectivity index is 1.07. The summed E-state index contributed by atoms with van der Waals surface area (Å²) in [4.78, 5) is 35.7. The normalized spacial score (nSPS) is 13.0. The Morgan fingerprint density at radius 3 is 2.19 bits per heavy atom. The Hall–Kier alpha value is -4.41. The van der Waals surface area contributed by atoms with E-state index in [9.17, 15) is 19.5 Å². The molecule has 4 rings (SSSR count).